The van der Waals surface area contributed by atoms with Crippen molar-refractivity contribution in [2.24, 2.45) is 0 Å². The van der Waals surface area contributed by atoms with Gasteiger partial charge < -0.3 is 24.8 Å². The van der Waals surface area contributed by atoms with E-state index in [0.717, 1.165) is 0 Å². The summed E-state index contributed by atoms with van der Waals surface area (Å²) in [5.74, 6) is 0.00171. The van der Waals surface area contributed by atoms with Crippen molar-refractivity contribution in [2.75, 3.05) is 19.8 Å². The van der Waals surface area contributed by atoms with Crippen molar-refractivity contribution in [1.29, 1.82) is 0 Å². The number of halogens is 2. The lowest BCUT2D eigenvalue weighted by molar-refractivity contribution is -0.120. The summed E-state index contributed by atoms with van der Waals surface area (Å²) in [5, 5.41) is 5.06. The van der Waals surface area contributed by atoms with E-state index in [1.54, 1.807) is 36.4 Å². The number of hydrogen-bond donors (Lipinski definition) is 2. The summed E-state index contributed by atoms with van der Waals surface area (Å²) in [6, 6.07) is 10.9. The molecule has 0 aliphatic heterocycles. The van der Waals surface area contributed by atoms with Crippen molar-refractivity contribution in [1.82, 2.24) is 10.6 Å². The number of carbonyl (C=O) groups is 2. The van der Waals surface area contributed by atoms with Crippen LogP contribution in [0.2, 0.25) is 0 Å². The van der Waals surface area contributed by atoms with Gasteiger partial charge in [-0.05, 0) is 38.1 Å². The SMILES string of the molecule is CCOc1ccc(C(=O)NCC(=O)NCc2ccccc2OC(F)F)cc1OCC. The molecule has 0 saturated heterocycles. The molecule has 2 rings (SSSR count). The Hall–Kier alpha value is -3.36. The van der Waals surface area contributed by atoms with Crippen LogP contribution in [-0.4, -0.2) is 38.2 Å². The molecule has 0 atom stereocenters. The molecule has 30 heavy (non-hydrogen) atoms. The molecule has 0 heterocycles. The zero-order valence-electron chi connectivity index (χ0n) is 16.7. The van der Waals surface area contributed by atoms with Crippen molar-refractivity contribution in [3.05, 3.63) is 53.6 Å². The molecule has 0 aromatic heterocycles. The van der Waals surface area contributed by atoms with Gasteiger partial charge in [-0.1, -0.05) is 18.2 Å². The molecule has 0 unspecified atom stereocenters. The van der Waals surface area contributed by atoms with Crippen LogP contribution >= 0.6 is 0 Å². The van der Waals surface area contributed by atoms with Crippen molar-refractivity contribution in [3.8, 4) is 17.2 Å². The summed E-state index contributed by atoms with van der Waals surface area (Å²) in [7, 11) is 0. The Bertz CT molecular complexity index is 861. The molecule has 162 valence electrons. The van der Waals surface area contributed by atoms with Crippen LogP contribution in [0.25, 0.3) is 0 Å². The van der Waals surface area contributed by atoms with Gasteiger partial charge in [0.25, 0.3) is 5.91 Å². The van der Waals surface area contributed by atoms with E-state index < -0.39 is 18.4 Å². The lowest BCUT2D eigenvalue weighted by Gasteiger charge is -2.13. The molecule has 0 aliphatic carbocycles. The van der Waals surface area contributed by atoms with Crippen molar-refractivity contribution < 1.29 is 32.6 Å². The van der Waals surface area contributed by atoms with Gasteiger partial charge in [-0.15, -0.1) is 0 Å². The number of rotatable bonds is 11. The van der Waals surface area contributed by atoms with Crippen molar-refractivity contribution >= 4 is 11.8 Å². The highest BCUT2D eigenvalue weighted by atomic mass is 19.3. The van der Waals surface area contributed by atoms with E-state index in [1.807, 2.05) is 13.8 Å². The lowest BCUT2D eigenvalue weighted by Crippen LogP contribution is -2.36. The predicted octanol–water partition coefficient (Wildman–Crippen LogP) is 3.13. The Morgan fingerprint density at radius 1 is 0.933 bits per heavy atom. The van der Waals surface area contributed by atoms with Crippen LogP contribution < -0.4 is 24.8 Å². The first-order valence-electron chi connectivity index (χ1n) is 9.41. The van der Waals surface area contributed by atoms with E-state index in [2.05, 4.69) is 15.4 Å². The Balaban J connectivity index is 1.90. The minimum absolute atomic E-state index is 0.0187. The molecule has 2 amide bonds. The van der Waals surface area contributed by atoms with E-state index in [-0.39, 0.29) is 18.8 Å². The molecule has 0 fully saturated rings. The number of amides is 2. The average molecular weight is 422 g/mol. The van der Waals surface area contributed by atoms with Crippen LogP contribution in [0.1, 0.15) is 29.8 Å². The van der Waals surface area contributed by atoms with Crippen LogP contribution in [0, 0.1) is 0 Å². The zero-order chi connectivity index (χ0) is 21.9. The standard InChI is InChI=1S/C21H24F2N2O5/c1-3-28-17-10-9-14(11-18(17)29-4-2)20(27)25-13-19(26)24-12-15-7-5-6-8-16(15)30-21(22)23/h5-11,21H,3-4,12-13H2,1-2H3,(H,24,26)(H,25,27). The van der Waals surface area contributed by atoms with Gasteiger partial charge in [0.15, 0.2) is 11.5 Å². The van der Waals surface area contributed by atoms with E-state index in [4.69, 9.17) is 9.47 Å². The van der Waals surface area contributed by atoms with Crippen molar-refractivity contribution in [3.63, 3.8) is 0 Å². The third-order valence-electron chi connectivity index (χ3n) is 3.88. The predicted molar refractivity (Wildman–Crippen MR) is 106 cm³/mol. The van der Waals surface area contributed by atoms with Gasteiger partial charge in [-0.3, -0.25) is 9.59 Å². The highest BCUT2D eigenvalue weighted by Gasteiger charge is 2.14. The molecule has 0 aliphatic rings. The highest BCUT2D eigenvalue weighted by Crippen LogP contribution is 2.28. The number of benzene rings is 2. The number of nitrogens with one attached hydrogen (secondary N) is 2. The summed E-state index contributed by atoms with van der Waals surface area (Å²) in [6.45, 7) is 1.26. The quantitative estimate of drug-likeness (QED) is 0.581. The molecule has 0 radical (unpaired) electrons. The second kappa shape index (κ2) is 11.6. The third kappa shape index (κ3) is 6.91. The number of ether oxygens (including phenoxy) is 3. The zero-order valence-corrected chi connectivity index (χ0v) is 16.7. The highest BCUT2D eigenvalue weighted by molar-refractivity contribution is 5.97. The van der Waals surface area contributed by atoms with Crippen LogP contribution in [0.5, 0.6) is 17.2 Å². The first-order chi connectivity index (χ1) is 14.4. The number of hydrogen-bond acceptors (Lipinski definition) is 5. The maximum absolute atomic E-state index is 12.4. The van der Waals surface area contributed by atoms with E-state index in [9.17, 15) is 18.4 Å². The Labute approximate surface area is 173 Å². The largest absolute Gasteiger partial charge is 0.490 e. The molecular formula is C21H24F2N2O5. The molecule has 2 aromatic rings. The molecule has 2 N–H and O–H groups in total. The Morgan fingerprint density at radius 3 is 2.33 bits per heavy atom. The topological polar surface area (TPSA) is 85.9 Å². The number of carbonyl (C=O) groups excluding carboxylic acids is 2. The molecule has 2 aromatic carbocycles. The van der Waals surface area contributed by atoms with Gasteiger partial charge in [0.1, 0.15) is 5.75 Å². The van der Waals surface area contributed by atoms with E-state index in [1.165, 1.54) is 6.07 Å². The fourth-order valence-corrected chi connectivity index (χ4v) is 2.57. The van der Waals surface area contributed by atoms with Gasteiger partial charge in [0, 0.05) is 17.7 Å². The number of para-hydroxylation sites is 1. The fourth-order valence-electron chi connectivity index (χ4n) is 2.57. The summed E-state index contributed by atoms with van der Waals surface area (Å²) in [4.78, 5) is 24.4. The first kappa shape index (κ1) is 22.9. The van der Waals surface area contributed by atoms with E-state index in [0.29, 0.717) is 35.8 Å². The molecule has 0 saturated carbocycles. The first-order valence-corrected chi connectivity index (χ1v) is 9.41. The normalized spacial score (nSPS) is 10.4. The van der Waals surface area contributed by atoms with Gasteiger partial charge in [0.2, 0.25) is 5.91 Å². The average Bonchev–Trinajstić information content (AvgIpc) is 2.72. The molecule has 0 bridgehead atoms. The number of alkyl halides is 2. The fraction of sp³-hybridized carbons (Fsp3) is 0.333. The Morgan fingerprint density at radius 2 is 1.63 bits per heavy atom. The van der Waals surface area contributed by atoms with Gasteiger partial charge in [0.05, 0.1) is 19.8 Å². The molecule has 9 heteroatoms. The van der Waals surface area contributed by atoms with Gasteiger partial charge in [-0.25, -0.2) is 0 Å². The minimum atomic E-state index is -2.96. The lowest BCUT2D eigenvalue weighted by atomic mass is 10.2. The monoisotopic (exact) mass is 422 g/mol. The maximum atomic E-state index is 12.4. The molecule has 0 spiro atoms. The minimum Gasteiger partial charge on any atom is -0.490 e. The molecular weight excluding hydrogens is 398 g/mol. The van der Waals surface area contributed by atoms with Crippen LogP contribution in [0.15, 0.2) is 42.5 Å². The van der Waals surface area contributed by atoms with Crippen LogP contribution in [-0.2, 0) is 11.3 Å². The van der Waals surface area contributed by atoms with Crippen molar-refractivity contribution in [2.45, 2.75) is 27.0 Å². The maximum Gasteiger partial charge on any atom is 0.387 e. The smallest absolute Gasteiger partial charge is 0.387 e. The Kier molecular flexibility index (Phi) is 8.86. The summed E-state index contributed by atoms with van der Waals surface area (Å²) >= 11 is 0. The summed E-state index contributed by atoms with van der Waals surface area (Å²) < 4.78 is 40.2. The third-order valence-corrected chi connectivity index (χ3v) is 3.88. The van der Waals surface area contributed by atoms with Crippen LogP contribution in [0.4, 0.5) is 8.78 Å². The van der Waals surface area contributed by atoms with E-state index >= 15 is 0 Å². The van der Waals surface area contributed by atoms with Gasteiger partial charge >= 0.3 is 6.61 Å². The summed E-state index contributed by atoms with van der Waals surface area (Å²) in [5.41, 5.74) is 0.704. The second-order valence-corrected chi connectivity index (χ2v) is 5.97. The molecule has 7 nitrogen and oxygen atoms in total. The second-order valence-electron chi connectivity index (χ2n) is 5.97. The van der Waals surface area contributed by atoms with Crippen LogP contribution in [0.3, 0.4) is 0 Å². The van der Waals surface area contributed by atoms with Gasteiger partial charge in [-0.2, -0.15) is 8.78 Å². The summed E-state index contributed by atoms with van der Waals surface area (Å²) in [6.07, 6.45) is 0.